The van der Waals surface area contributed by atoms with Crippen molar-refractivity contribution in [3.05, 3.63) is 18.2 Å². The van der Waals surface area contributed by atoms with Crippen LogP contribution in [0.5, 0.6) is 0 Å². The van der Waals surface area contributed by atoms with Crippen LogP contribution in [0.25, 0.3) is 0 Å². The molecule has 0 spiro atoms. The summed E-state index contributed by atoms with van der Waals surface area (Å²) < 4.78 is 36.8. The van der Waals surface area contributed by atoms with Crippen LogP contribution in [-0.2, 0) is 24.3 Å². The highest BCUT2D eigenvalue weighted by Crippen LogP contribution is 2.35. The normalized spacial score (nSPS) is 11.7. The Kier molecular flexibility index (Phi) is 7.85. The number of azo groups is 1. The van der Waals surface area contributed by atoms with Gasteiger partial charge in [-0.1, -0.05) is 16.8 Å². The zero-order chi connectivity index (χ0) is 21.6. The maximum absolute atomic E-state index is 11.6. The number of nitrogens with one attached hydrogen (secondary N) is 1. The van der Waals surface area contributed by atoms with Gasteiger partial charge < -0.3 is 11.1 Å². The van der Waals surface area contributed by atoms with Crippen LogP contribution in [0.2, 0.25) is 0 Å². The summed E-state index contributed by atoms with van der Waals surface area (Å²) in [5, 5.41) is 22.0. The highest BCUT2D eigenvalue weighted by molar-refractivity contribution is 7.98. The Labute approximate surface area is 172 Å². The molecule has 1 aromatic heterocycles. The predicted molar refractivity (Wildman–Crippen MR) is 104 cm³/mol. The molecule has 0 unspecified atom stereocenters. The van der Waals surface area contributed by atoms with E-state index in [1.54, 1.807) is 6.26 Å². The van der Waals surface area contributed by atoms with Crippen molar-refractivity contribution < 1.29 is 32.4 Å². The molecule has 13 nitrogen and oxygen atoms in total. The number of amides is 1. The van der Waals surface area contributed by atoms with Crippen molar-refractivity contribution >= 4 is 62.8 Å². The van der Waals surface area contributed by atoms with E-state index in [9.17, 15) is 17.8 Å². The number of benzene rings is 1. The van der Waals surface area contributed by atoms with Crippen LogP contribution >= 0.6 is 23.8 Å². The summed E-state index contributed by atoms with van der Waals surface area (Å²) >= 11 is 1.71. The molecule has 29 heavy (non-hydrogen) atoms. The lowest BCUT2D eigenvalue weighted by atomic mass is 10.3. The molecule has 0 saturated carbocycles. The fourth-order valence-electron chi connectivity index (χ4n) is 1.90. The lowest BCUT2D eigenvalue weighted by Crippen LogP contribution is -2.10. The quantitative estimate of drug-likeness (QED) is 0.0851. The summed E-state index contributed by atoms with van der Waals surface area (Å²) in [5.74, 6) is -0.605. The number of nitrogens with zero attached hydrogens (tertiary/aromatic N) is 4. The van der Waals surface area contributed by atoms with Crippen LogP contribution in [0.1, 0.15) is 6.92 Å². The van der Waals surface area contributed by atoms with E-state index in [4.69, 9.17) is 11.0 Å². The van der Waals surface area contributed by atoms with E-state index in [0.29, 0.717) is 12.0 Å². The van der Waals surface area contributed by atoms with E-state index in [-0.39, 0.29) is 33.1 Å². The lowest BCUT2D eigenvalue weighted by molar-refractivity contribution is -0.432. The third-order valence-electron chi connectivity index (χ3n) is 2.99. The fourth-order valence-corrected chi connectivity index (χ4v) is 3.27. The van der Waals surface area contributed by atoms with Crippen molar-refractivity contribution in [1.29, 1.82) is 0 Å². The van der Waals surface area contributed by atoms with Crippen LogP contribution in [0, 0.1) is 0 Å². The zero-order valence-electron chi connectivity index (χ0n) is 14.8. The van der Waals surface area contributed by atoms with E-state index < -0.39 is 20.9 Å². The topological polar surface area (TPSA) is 199 Å². The number of carbonyl (C=O) groups is 1. The molecule has 0 radical (unpaired) electrons. The van der Waals surface area contributed by atoms with Crippen molar-refractivity contribution in [2.24, 2.45) is 10.2 Å². The van der Waals surface area contributed by atoms with Gasteiger partial charge in [0.2, 0.25) is 5.91 Å². The van der Waals surface area contributed by atoms with Gasteiger partial charge in [0.05, 0.1) is 12.0 Å². The van der Waals surface area contributed by atoms with Crippen molar-refractivity contribution in [1.82, 2.24) is 9.97 Å². The summed E-state index contributed by atoms with van der Waals surface area (Å²) in [5.41, 5.74) is 5.44. The maximum Gasteiger partial charge on any atom is 0.296 e. The molecule has 156 valence electrons. The number of aromatic nitrogens is 2. The minimum absolute atomic E-state index is 0.0333. The van der Waals surface area contributed by atoms with E-state index >= 15 is 0 Å². The molecule has 1 heterocycles. The van der Waals surface area contributed by atoms with Gasteiger partial charge in [0.15, 0.2) is 22.5 Å². The van der Waals surface area contributed by atoms with Crippen LogP contribution in [-0.4, -0.2) is 40.4 Å². The Morgan fingerprint density at radius 1 is 1.31 bits per heavy atom. The number of hydrogen-bond acceptors (Lipinski definition) is 13. The van der Waals surface area contributed by atoms with Crippen LogP contribution in [0.15, 0.2) is 43.4 Å². The molecule has 0 bridgehead atoms. The van der Waals surface area contributed by atoms with Crippen molar-refractivity contribution in [3.8, 4) is 0 Å². The molecular formula is C13H14N6O7S3. The molecule has 2 aromatic rings. The standard InChI is InChI=1S/C13H14N6O7S3/c1-6(20)15-12-10(11(14)16-13(17-12)27-2)19-18-8-5-7(28-26-25-21)3-4-9(8)29(22,23)24/h3-5,21H,1-2H3,(H,22,23,24)(H3,14,15,16,17,20)/b19-18+. The van der Waals surface area contributed by atoms with Gasteiger partial charge in [-0.3, -0.25) is 9.35 Å². The molecule has 1 amide bonds. The van der Waals surface area contributed by atoms with Gasteiger partial charge in [0, 0.05) is 11.8 Å². The summed E-state index contributed by atoms with van der Waals surface area (Å²) in [7, 11) is -4.65. The second kappa shape index (κ2) is 9.92. The zero-order valence-corrected chi connectivity index (χ0v) is 17.2. The van der Waals surface area contributed by atoms with Gasteiger partial charge in [-0.25, -0.2) is 15.2 Å². The summed E-state index contributed by atoms with van der Waals surface area (Å²) in [4.78, 5) is 19.2. The van der Waals surface area contributed by atoms with Gasteiger partial charge in [-0.15, -0.1) is 14.6 Å². The van der Waals surface area contributed by atoms with Gasteiger partial charge in [0.1, 0.15) is 10.6 Å². The third-order valence-corrected chi connectivity index (χ3v) is 5.02. The molecule has 0 aliphatic rings. The van der Waals surface area contributed by atoms with Crippen LogP contribution < -0.4 is 11.1 Å². The molecule has 0 saturated heterocycles. The molecule has 0 aliphatic carbocycles. The average molecular weight is 462 g/mol. The fraction of sp³-hybridized carbons (Fsp3) is 0.154. The Balaban J connectivity index is 2.56. The van der Waals surface area contributed by atoms with Gasteiger partial charge in [-0.2, -0.15) is 8.42 Å². The minimum Gasteiger partial charge on any atom is -0.382 e. The third kappa shape index (κ3) is 6.32. The second-order valence-electron chi connectivity index (χ2n) is 5.00. The first-order chi connectivity index (χ1) is 13.7. The molecule has 2 rings (SSSR count). The number of nitrogen functional groups attached to an aromatic ring is 1. The van der Waals surface area contributed by atoms with Crippen molar-refractivity contribution in [2.75, 3.05) is 17.3 Å². The van der Waals surface area contributed by atoms with Gasteiger partial charge in [0.25, 0.3) is 10.1 Å². The lowest BCUT2D eigenvalue weighted by Gasteiger charge is -2.09. The Morgan fingerprint density at radius 2 is 2.03 bits per heavy atom. The second-order valence-corrected chi connectivity index (χ2v) is 7.94. The number of anilines is 2. The molecule has 16 heteroatoms. The largest absolute Gasteiger partial charge is 0.382 e. The van der Waals surface area contributed by atoms with E-state index in [0.717, 1.165) is 6.07 Å². The van der Waals surface area contributed by atoms with Crippen molar-refractivity contribution in [3.63, 3.8) is 0 Å². The predicted octanol–water partition coefficient (Wildman–Crippen LogP) is 2.83. The van der Waals surface area contributed by atoms with Gasteiger partial charge in [-0.05, 0) is 24.5 Å². The highest BCUT2D eigenvalue weighted by Gasteiger charge is 2.18. The number of hydrogen-bond donors (Lipinski definition) is 4. The number of nitrogens with two attached hydrogens (primary N) is 1. The molecular weight excluding hydrogens is 448 g/mol. The Bertz CT molecular complexity index is 1050. The number of carbonyl (C=O) groups excluding carboxylic acids is 1. The molecule has 0 aliphatic heterocycles. The van der Waals surface area contributed by atoms with Gasteiger partial charge >= 0.3 is 0 Å². The first-order valence-corrected chi connectivity index (χ1v) is 10.7. The first-order valence-electron chi connectivity index (χ1n) is 7.32. The van der Waals surface area contributed by atoms with E-state index in [1.165, 1.54) is 30.8 Å². The average Bonchev–Trinajstić information content (AvgIpc) is 2.64. The highest BCUT2D eigenvalue weighted by atomic mass is 32.2. The Hall–Kier alpha value is -2.34. The first kappa shape index (κ1) is 22.9. The smallest absolute Gasteiger partial charge is 0.296 e. The van der Waals surface area contributed by atoms with Crippen molar-refractivity contribution in [2.45, 2.75) is 21.9 Å². The summed E-state index contributed by atoms with van der Waals surface area (Å²) in [6.45, 7) is 1.25. The molecule has 0 atom stereocenters. The van der Waals surface area contributed by atoms with Crippen LogP contribution in [0.4, 0.5) is 23.0 Å². The monoisotopic (exact) mass is 462 g/mol. The minimum atomic E-state index is -4.65. The molecule has 0 fully saturated rings. The molecule has 1 aromatic carbocycles. The summed E-state index contributed by atoms with van der Waals surface area (Å²) in [6, 6.07) is 3.49. The summed E-state index contributed by atoms with van der Waals surface area (Å²) in [6.07, 6.45) is 1.70. The number of rotatable bonds is 8. The molecule has 5 N–H and O–H groups in total. The van der Waals surface area contributed by atoms with E-state index in [2.05, 4.69) is 34.9 Å². The SMILES string of the molecule is CSc1nc(N)c(/N=N/c2cc(SOOO)ccc2S(=O)(=O)O)c(NC(C)=O)n1. The van der Waals surface area contributed by atoms with Crippen LogP contribution in [0.3, 0.4) is 0 Å². The maximum atomic E-state index is 11.6. The Morgan fingerprint density at radius 3 is 2.62 bits per heavy atom. The van der Waals surface area contributed by atoms with E-state index in [1.807, 2.05) is 0 Å². The number of thioether (sulfide) groups is 1.